The van der Waals surface area contributed by atoms with E-state index in [1.165, 1.54) is 11.0 Å². The summed E-state index contributed by atoms with van der Waals surface area (Å²) in [5, 5.41) is 37.8. The van der Waals surface area contributed by atoms with Crippen LogP contribution in [0.4, 0.5) is 0 Å². The van der Waals surface area contributed by atoms with Crippen molar-refractivity contribution in [1.82, 2.24) is 4.90 Å². The first-order chi connectivity index (χ1) is 10.4. The smallest absolute Gasteiger partial charge is 0.370 e. The zero-order valence-corrected chi connectivity index (χ0v) is 11.8. The summed E-state index contributed by atoms with van der Waals surface area (Å²) in [5.74, 6) is -1.99. The van der Waals surface area contributed by atoms with Gasteiger partial charge >= 0.3 is 5.97 Å². The minimum atomic E-state index is -1.59. The van der Waals surface area contributed by atoms with E-state index >= 15 is 0 Å². The van der Waals surface area contributed by atoms with Gasteiger partial charge in [-0.2, -0.15) is 0 Å². The summed E-state index contributed by atoms with van der Waals surface area (Å²) in [6, 6.07) is -1.68. The number of nitrogens with zero attached hydrogens (tertiary/aromatic N) is 1. The molecule has 1 saturated heterocycles. The zero-order chi connectivity index (χ0) is 16.4. The molecule has 0 aliphatic carbocycles. The predicted molar refractivity (Wildman–Crippen MR) is 72.4 cm³/mol. The van der Waals surface area contributed by atoms with Crippen molar-refractivity contribution in [3.63, 3.8) is 0 Å². The van der Waals surface area contributed by atoms with Crippen molar-refractivity contribution >= 4 is 11.9 Å². The van der Waals surface area contributed by atoms with Gasteiger partial charge in [0.25, 0.3) is 0 Å². The highest BCUT2D eigenvalue weighted by Gasteiger charge is 2.46. The molecule has 2 aliphatic rings. The lowest BCUT2D eigenvalue weighted by molar-refractivity contribution is -0.153. The van der Waals surface area contributed by atoms with E-state index < -0.39 is 48.7 Å². The highest BCUT2D eigenvalue weighted by molar-refractivity contribution is 5.85. The second kappa shape index (κ2) is 6.61. The molecule has 5 atom stereocenters. The van der Waals surface area contributed by atoms with Crippen LogP contribution in [0.2, 0.25) is 0 Å². The minimum absolute atomic E-state index is 0.174. The molecule has 0 aromatic heterocycles. The maximum atomic E-state index is 11.9. The topological polar surface area (TPSA) is 154 Å². The quantitative estimate of drug-likeness (QED) is 0.369. The number of aliphatic hydroxyl groups is 3. The molecule has 22 heavy (non-hydrogen) atoms. The molecule has 9 nitrogen and oxygen atoms in total. The van der Waals surface area contributed by atoms with Crippen LogP contribution in [0.5, 0.6) is 0 Å². The number of hydrogen-bond acceptors (Lipinski definition) is 7. The average molecular weight is 316 g/mol. The molecule has 0 spiro atoms. The summed E-state index contributed by atoms with van der Waals surface area (Å²) in [4.78, 5) is 24.4. The molecule has 0 aromatic rings. The van der Waals surface area contributed by atoms with E-state index in [9.17, 15) is 19.8 Å². The molecule has 0 radical (unpaired) electrons. The largest absolute Gasteiger partial charge is 0.478 e. The van der Waals surface area contributed by atoms with Gasteiger partial charge in [0.2, 0.25) is 11.7 Å². The second-order valence-electron chi connectivity index (χ2n) is 5.42. The van der Waals surface area contributed by atoms with E-state index in [1.54, 1.807) is 0 Å². The molecular weight excluding hydrogens is 296 g/mol. The Bertz CT molecular complexity index is 481. The number of hydrogen-bond donors (Lipinski definition) is 5. The molecule has 2 heterocycles. The number of likely N-dealkylation sites (tertiary alicyclic amines) is 1. The molecule has 0 bridgehead atoms. The first-order valence-electron chi connectivity index (χ1n) is 7.00. The standard InChI is InChI=1S/C13H20N2O7/c14-6-4-8(13(20)21)22-12(11(19)7(17)5-16)10(6)15-3-1-2-9(15)18/h4,6-7,10-12,16-17,19H,1-3,5,14H2,(H,20,21)/t6-,7+,10+,11+,12+/m0/s1. The molecular formula is C13H20N2O7. The number of carbonyl (C=O) groups excluding carboxylic acids is 1. The first-order valence-corrected chi connectivity index (χ1v) is 7.00. The summed E-state index contributed by atoms with van der Waals surface area (Å²) in [7, 11) is 0. The van der Waals surface area contributed by atoms with Crippen LogP contribution in [0.1, 0.15) is 12.8 Å². The third-order valence-corrected chi connectivity index (χ3v) is 3.94. The van der Waals surface area contributed by atoms with Crippen LogP contribution in [0, 0.1) is 0 Å². The Labute approximate surface area is 126 Å². The summed E-state index contributed by atoms with van der Waals surface area (Å²) in [6.07, 6.45) is -2.22. The van der Waals surface area contributed by atoms with E-state index in [1.807, 2.05) is 0 Å². The van der Waals surface area contributed by atoms with Gasteiger partial charge in [-0.25, -0.2) is 4.79 Å². The molecule has 1 amide bonds. The fraction of sp³-hybridized carbons (Fsp3) is 0.692. The number of aliphatic carboxylic acids is 1. The highest BCUT2D eigenvalue weighted by Crippen LogP contribution is 2.28. The summed E-state index contributed by atoms with van der Waals surface area (Å²) >= 11 is 0. The SMILES string of the molecule is N[C@H]1C=C(C(=O)O)O[C@@H]([C@H](O)[C@H](O)CO)[C@@H]1N1CCCC1=O. The van der Waals surface area contributed by atoms with Crippen molar-refractivity contribution in [2.45, 2.75) is 43.2 Å². The van der Waals surface area contributed by atoms with Crippen molar-refractivity contribution in [1.29, 1.82) is 0 Å². The number of carboxylic acids is 1. The van der Waals surface area contributed by atoms with E-state index in [-0.39, 0.29) is 5.91 Å². The van der Waals surface area contributed by atoms with Crippen molar-refractivity contribution in [3.8, 4) is 0 Å². The monoisotopic (exact) mass is 316 g/mol. The zero-order valence-electron chi connectivity index (χ0n) is 11.8. The van der Waals surface area contributed by atoms with Gasteiger partial charge in [0.05, 0.1) is 18.7 Å². The Morgan fingerprint density at radius 1 is 1.50 bits per heavy atom. The lowest BCUT2D eigenvalue weighted by Crippen LogP contribution is -2.62. The number of aliphatic hydroxyl groups excluding tert-OH is 3. The molecule has 2 rings (SSSR count). The van der Waals surface area contributed by atoms with Crippen molar-refractivity contribution in [2.24, 2.45) is 5.73 Å². The molecule has 124 valence electrons. The van der Waals surface area contributed by atoms with Crippen molar-refractivity contribution in [3.05, 3.63) is 11.8 Å². The fourth-order valence-corrected chi connectivity index (χ4v) is 2.84. The van der Waals surface area contributed by atoms with Crippen molar-refractivity contribution < 1.29 is 34.8 Å². The summed E-state index contributed by atoms with van der Waals surface area (Å²) in [6.45, 7) is -0.321. The Morgan fingerprint density at radius 3 is 2.68 bits per heavy atom. The number of ether oxygens (including phenoxy) is 1. The summed E-state index contributed by atoms with van der Waals surface area (Å²) in [5.41, 5.74) is 5.95. The lowest BCUT2D eigenvalue weighted by Gasteiger charge is -2.42. The van der Waals surface area contributed by atoms with E-state index in [0.29, 0.717) is 19.4 Å². The summed E-state index contributed by atoms with van der Waals surface area (Å²) < 4.78 is 5.24. The number of amides is 1. The van der Waals surface area contributed by atoms with Crippen LogP contribution < -0.4 is 5.73 Å². The molecule has 2 aliphatic heterocycles. The van der Waals surface area contributed by atoms with Gasteiger partial charge in [-0.1, -0.05) is 0 Å². The number of carbonyl (C=O) groups is 2. The van der Waals surface area contributed by atoms with Crippen molar-refractivity contribution in [2.75, 3.05) is 13.2 Å². The lowest BCUT2D eigenvalue weighted by atomic mass is 9.91. The average Bonchev–Trinajstić information content (AvgIpc) is 2.90. The van der Waals surface area contributed by atoms with Gasteiger partial charge in [0.1, 0.15) is 18.3 Å². The normalized spacial score (nSPS) is 31.5. The number of nitrogens with two attached hydrogens (primary N) is 1. The van der Waals surface area contributed by atoms with E-state index in [4.69, 9.17) is 20.7 Å². The van der Waals surface area contributed by atoms with Gasteiger partial charge in [0.15, 0.2) is 0 Å². The third-order valence-electron chi connectivity index (χ3n) is 3.94. The maximum Gasteiger partial charge on any atom is 0.370 e. The Balaban J connectivity index is 2.33. The van der Waals surface area contributed by atoms with Crippen LogP contribution in [0.25, 0.3) is 0 Å². The van der Waals surface area contributed by atoms with Crippen LogP contribution in [0.3, 0.4) is 0 Å². The third kappa shape index (κ3) is 3.07. The second-order valence-corrected chi connectivity index (χ2v) is 5.42. The Kier molecular flexibility index (Phi) is 5.01. The van der Waals surface area contributed by atoms with Gasteiger partial charge in [-0.15, -0.1) is 0 Å². The predicted octanol–water partition coefficient (Wildman–Crippen LogP) is -2.61. The van der Waals surface area contributed by atoms with E-state index in [2.05, 4.69) is 0 Å². The molecule has 1 fully saturated rings. The molecule has 0 unspecified atom stereocenters. The first kappa shape index (κ1) is 16.7. The Hall–Kier alpha value is -1.68. The van der Waals surface area contributed by atoms with Crippen LogP contribution in [-0.4, -0.2) is 80.7 Å². The fourth-order valence-electron chi connectivity index (χ4n) is 2.84. The minimum Gasteiger partial charge on any atom is -0.478 e. The van der Waals surface area contributed by atoms with Gasteiger partial charge in [-0.3, -0.25) is 4.79 Å². The highest BCUT2D eigenvalue weighted by atomic mass is 16.5. The number of rotatable bonds is 5. The van der Waals surface area contributed by atoms with Gasteiger partial charge in [0, 0.05) is 13.0 Å². The Morgan fingerprint density at radius 2 is 2.18 bits per heavy atom. The maximum absolute atomic E-state index is 11.9. The molecule has 9 heteroatoms. The van der Waals surface area contributed by atoms with Crippen LogP contribution in [0.15, 0.2) is 11.8 Å². The molecule has 6 N–H and O–H groups in total. The molecule has 0 aromatic carbocycles. The van der Waals surface area contributed by atoms with Gasteiger partial charge in [-0.05, 0) is 12.5 Å². The number of carboxylic acid groups (broad SMARTS) is 1. The van der Waals surface area contributed by atoms with Crippen LogP contribution >= 0.6 is 0 Å². The van der Waals surface area contributed by atoms with Gasteiger partial charge < -0.3 is 35.8 Å². The molecule has 0 saturated carbocycles. The van der Waals surface area contributed by atoms with Crippen LogP contribution in [-0.2, 0) is 14.3 Å². The van der Waals surface area contributed by atoms with E-state index in [0.717, 1.165) is 0 Å².